The van der Waals surface area contributed by atoms with Crippen molar-refractivity contribution < 1.29 is 4.79 Å². The summed E-state index contributed by atoms with van der Waals surface area (Å²) in [4.78, 5) is 29.2. The molecular weight excluding hydrogens is 314 g/mol. The van der Waals surface area contributed by atoms with E-state index in [1.165, 1.54) is 0 Å². The Morgan fingerprint density at radius 1 is 1.28 bits per heavy atom. The van der Waals surface area contributed by atoms with Crippen LogP contribution in [0.2, 0.25) is 0 Å². The molecule has 0 saturated carbocycles. The molecular formula is C19H25N5O. The van der Waals surface area contributed by atoms with Crippen molar-refractivity contribution >= 4 is 5.91 Å². The maximum atomic E-state index is 11.4. The molecule has 0 radical (unpaired) electrons. The minimum atomic E-state index is 0.0280. The molecule has 6 heteroatoms. The summed E-state index contributed by atoms with van der Waals surface area (Å²) in [6, 6.07) is 6.41. The smallest absolute Gasteiger partial charge is 0.219 e. The number of carbonyl (C=O) groups is 1. The molecule has 1 fully saturated rings. The molecule has 1 amide bonds. The summed E-state index contributed by atoms with van der Waals surface area (Å²) in [6.07, 6.45) is 5.82. The van der Waals surface area contributed by atoms with E-state index in [2.05, 4.69) is 27.0 Å². The van der Waals surface area contributed by atoms with E-state index in [0.717, 1.165) is 48.7 Å². The Labute approximate surface area is 148 Å². The Balaban J connectivity index is 1.74. The number of nitrogens with zero attached hydrogens (tertiary/aromatic N) is 5. The van der Waals surface area contributed by atoms with E-state index < -0.39 is 0 Å². The Morgan fingerprint density at radius 3 is 2.88 bits per heavy atom. The fourth-order valence-electron chi connectivity index (χ4n) is 3.26. The van der Waals surface area contributed by atoms with E-state index in [-0.39, 0.29) is 11.9 Å². The lowest BCUT2D eigenvalue weighted by molar-refractivity contribution is -0.128. The number of pyridine rings is 1. The summed E-state index contributed by atoms with van der Waals surface area (Å²) in [6.45, 7) is 5.93. The average Bonchev–Trinajstić information content (AvgIpc) is 3.03. The predicted octanol–water partition coefficient (Wildman–Crippen LogP) is 2.50. The van der Waals surface area contributed by atoms with Gasteiger partial charge in [-0.3, -0.25) is 24.6 Å². The van der Waals surface area contributed by atoms with Crippen LogP contribution in [0, 0.1) is 6.92 Å². The monoisotopic (exact) mass is 339 g/mol. The maximum absolute atomic E-state index is 11.4. The molecule has 0 spiro atoms. The summed E-state index contributed by atoms with van der Waals surface area (Å²) >= 11 is 0. The molecule has 1 saturated heterocycles. The van der Waals surface area contributed by atoms with Crippen LogP contribution in [0.1, 0.15) is 48.6 Å². The first kappa shape index (κ1) is 17.5. The van der Waals surface area contributed by atoms with Crippen molar-refractivity contribution in [3.8, 4) is 0 Å². The van der Waals surface area contributed by atoms with E-state index in [1.807, 2.05) is 19.2 Å². The Morgan fingerprint density at radius 2 is 2.12 bits per heavy atom. The zero-order valence-electron chi connectivity index (χ0n) is 15.1. The molecule has 1 aliphatic heterocycles. The molecule has 25 heavy (non-hydrogen) atoms. The molecule has 2 aromatic rings. The zero-order valence-corrected chi connectivity index (χ0v) is 15.1. The molecule has 0 aliphatic carbocycles. The molecule has 3 heterocycles. The highest BCUT2D eigenvalue weighted by Gasteiger charge is 2.28. The lowest BCUT2D eigenvalue weighted by Crippen LogP contribution is -2.26. The second kappa shape index (κ2) is 7.70. The van der Waals surface area contributed by atoms with Crippen molar-refractivity contribution in [2.75, 3.05) is 13.6 Å². The van der Waals surface area contributed by atoms with Crippen LogP contribution in [-0.2, 0) is 17.9 Å². The maximum Gasteiger partial charge on any atom is 0.219 e. The standard InChI is InChI=1S/C19H25N5O/c1-14-6-4-7-16(21-14)13-24-9-5-8-19(24)18-11-20-10-17(22-18)12-23(3)15(2)25/h4,6-7,10-11,19H,5,8-9,12-13H2,1-3H3. The summed E-state index contributed by atoms with van der Waals surface area (Å²) in [5, 5.41) is 0. The average molecular weight is 339 g/mol. The number of carbonyl (C=O) groups excluding carboxylic acids is 1. The first-order chi connectivity index (χ1) is 12.0. The molecule has 0 aromatic carbocycles. The lowest BCUT2D eigenvalue weighted by atomic mass is 10.1. The molecule has 1 atom stereocenters. The van der Waals surface area contributed by atoms with Crippen LogP contribution in [0.3, 0.4) is 0 Å². The van der Waals surface area contributed by atoms with Crippen molar-refractivity contribution in [2.24, 2.45) is 0 Å². The first-order valence-corrected chi connectivity index (χ1v) is 8.72. The first-order valence-electron chi connectivity index (χ1n) is 8.72. The fourth-order valence-corrected chi connectivity index (χ4v) is 3.26. The highest BCUT2D eigenvalue weighted by Crippen LogP contribution is 2.31. The van der Waals surface area contributed by atoms with Gasteiger partial charge in [-0.1, -0.05) is 6.07 Å². The van der Waals surface area contributed by atoms with Gasteiger partial charge < -0.3 is 4.90 Å². The molecule has 2 aromatic heterocycles. The summed E-state index contributed by atoms with van der Waals surface area (Å²) < 4.78 is 0. The van der Waals surface area contributed by atoms with E-state index in [1.54, 1.807) is 25.1 Å². The van der Waals surface area contributed by atoms with Crippen molar-refractivity contribution in [1.29, 1.82) is 0 Å². The third kappa shape index (κ3) is 4.39. The molecule has 0 bridgehead atoms. The van der Waals surface area contributed by atoms with E-state index >= 15 is 0 Å². The quantitative estimate of drug-likeness (QED) is 0.837. The van der Waals surface area contributed by atoms with Crippen LogP contribution in [-0.4, -0.2) is 44.3 Å². The number of rotatable bonds is 5. The van der Waals surface area contributed by atoms with Crippen LogP contribution in [0.5, 0.6) is 0 Å². The van der Waals surface area contributed by atoms with Gasteiger partial charge in [-0.25, -0.2) is 0 Å². The number of aromatic nitrogens is 3. The third-order valence-electron chi connectivity index (χ3n) is 4.66. The number of likely N-dealkylation sites (tertiary alicyclic amines) is 1. The topological polar surface area (TPSA) is 62.2 Å². The van der Waals surface area contributed by atoms with Crippen LogP contribution in [0.15, 0.2) is 30.6 Å². The Hall–Kier alpha value is -2.34. The van der Waals surface area contributed by atoms with Gasteiger partial charge in [0.15, 0.2) is 0 Å². The highest BCUT2D eigenvalue weighted by molar-refractivity contribution is 5.72. The SMILES string of the molecule is CC(=O)N(C)Cc1cncc(C2CCCN2Cc2cccc(C)n2)n1. The van der Waals surface area contributed by atoms with Crippen molar-refractivity contribution in [3.05, 3.63) is 53.4 Å². The minimum absolute atomic E-state index is 0.0280. The van der Waals surface area contributed by atoms with Gasteiger partial charge in [-0.05, 0) is 38.4 Å². The fraction of sp³-hybridized carbons (Fsp3) is 0.474. The molecule has 3 rings (SSSR count). The van der Waals surface area contributed by atoms with Gasteiger partial charge >= 0.3 is 0 Å². The molecule has 1 aliphatic rings. The summed E-state index contributed by atoms with van der Waals surface area (Å²) in [7, 11) is 1.78. The van der Waals surface area contributed by atoms with Crippen LogP contribution < -0.4 is 0 Å². The second-order valence-electron chi connectivity index (χ2n) is 6.71. The van der Waals surface area contributed by atoms with Gasteiger partial charge in [0.2, 0.25) is 5.91 Å². The van der Waals surface area contributed by atoms with Gasteiger partial charge in [-0.15, -0.1) is 0 Å². The van der Waals surface area contributed by atoms with Gasteiger partial charge in [-0.2, -0.15) is 0 Å². The summed E-state index contributed by atoms with van der Waals surface area (Å²) in [5.74, 6) is 0.0280. The number of aryl methyl sites for hydroxylation is 1. The van der Waals surface area contributed by atoms with Gasteiger partial charge in [0, 0.05) is 26.2 Å². The van der Waals surface area contributed by atoms with E-state index in [9.17, 15) is 4.79 Å². The molecule has 6 nitrogen and oxygen atoms in total. The van der Waals surface area contributed by atoms with Crippen LogP contribution >= 0.6 is 0 Å². The van der Waals surface area contributed by atoms with E-state index in [4.69, 9.17) is 4.98 Å². The van der Waals surface area contributed by atoms with Gasteiger partial charge in [0.1, 0.15) is 0 Å². The number of hydrogen-bond donors (Lipinski definition) is 0. The minimum Gasteiger partial charge on any atom is -0.340 e. The third-order valence-corrected chi connectivity index (χ3v) is 4.66. The van der Waals surface area contributed by atoms with Crippen LogP contribution in [0.25, 0.3) is 0 Å². The molecule has 0 N–H and O–H groups in total. The van der Waals surface area contributed by atoms with Crippen molar-refractivity contribution in [1.82, 2.24) is 24.8 Å². The number of amides is 1. The summed E-state index contributed by atoms with van der Waals surface area (Å²) in [5.41, 5.74) is 3.95. The normalized spacial score (nSPS) is 17.6. The molecule has 1 unspecified atom stereocenters. The van der Waals surface area contributed by atoms with Gasteiger partial charge in [0.25, 0.3) is 0 Å². The van der Waals surface area contributed by atoms with E-state index in [0.29, 0.717) is 6.54 Å². The Kier molecular flexibility index (Phi) is 5.38. The van der Waals surface area contributed by atoms with Crippen molar-refractivity contribution in [3.63, 3.8) is 0 Å². The second-order valence-corrected chi connectivity index (χ2v) is 6.71. The largest absolute Gasteiger partial charge is 0.340 e. The van der Waals surface area contributed by atoms with Crippen molar-refractivity contribution in [2.45, 2.75) is 45.8 Å². The lowest BCUT2D eigenvalue weighted by Gasteiger charge is -2.24. The molecule has 132 valence electrons. The highest BCUT2D eigenvalue weighted by atomic mass is 16.2. The predicted molar refractivity (Wildman–Crippen MR) is 95.5 cm³/mol. The Bertz CT molecular complexity index is 748. The number of hydrogen-bond acceptors (Lipinski definition) is 5. The van der Waals surface area contributed by atoms with Gasteiger partial charge in [0.05, 0.1) is 42.1 Å². The van der Waals surface area contributed by atoms with Crippen LogP contribution in [0.4, 0.5) is 0 Å². The zero-order chi connectivity index (χ0) is 17.8.